The largest absolute Gasteiger partial charge is 0.388 e. The Morgan fingerprint density at radius 1 is 1.10 bits per heavy atom. The van der Waals surface area contributed by atoms with E-state index in [4.69, 9.17) is 0 Å². The number of aliphatic hydroxyl groups is 1. The van der Waals surface area contributed by atoms with Gasteiger partial charge < -0.3 is 5.11 Å². The molecule has 0 saturated heterocycles. The van der Waals surface area contributed by atoms with Crippen LogP contribution >= 0.6 is 0 Å². The van der Waals surface area contributed by atoms with Crippen molar-refractivity contribution in [3.63, 3.8) is 0 Å². The second-order valence-corrected chi connectivity index (χ2v) is 5.71. The van der Waals surface area contributed by atoms with Gasteiger partial charge >= 0.3 is 0 Å². The highest BCUT2D eigenvalue weighted by Crippen LogP contribution is 2.40. The van der Waals surface area contributed by atoms with E-state index in [0.29, 0.717) is 11.5 Å². The van der Waals surface area contributed by atoms with Crippen LogP contribution in [0, 0.1) is 11.6 Å². The molecule has 1 N–H and O–H groups in total. The van der Waals surface area contributed by atoms with Crippen LogP contribution in [0.1, 0.15) is 48.0 Å². The summed E-state index contributed by atoms with van der Waals surface area (Å²) in [6.07, 6.45) is 2.92. The highest BCUT2D eigenvalue weighted by molar-refractivity contribution is 5.34. The minimum absolute atomic E-state index is 0.163. The third kappa shape index (κ3) is 2.98. The van der Waals surface area contributed by atoms with Crippen molar-refractivity contribution in [3.05, 3.63) is 70.8 Å². The first-order chi connectivity index (χ1) is 10.1. The lowest BCUT2D eigenvalue weighted by molar-refractivity contribution is 0.174. The summed E-state index contributed by atoms with van der Waals surface area (Å²) in [5.74, 6) is -0.690. The van der Waals surface area contributed by atoms with E-state index in [2.05, 4.69) is 0 Å². The first-order valence-corrected chi connectivity index (χ1v) is 7.36. The van der Waals surface area contributed by atoms with Crippen molar-refractivity contribution >= 4 is 0 Å². The first-order valence-electron chi connectivity index (χ1n) is 7.36. The molecule has 3 heteroatoms. The summed E-state index contributed by atoms with van der Waals surface area (Å²) in [5, 5.41) is 10.5. The standard InChI is InChI=1S/C18H18F2O/c19-14-9-8-13(17(20)11-14)10-18(21)16-7-2-1-6-15(16)12-4-3-5-12/h1-2,6-9,11-12,18,21H,3-5,10H2. The summed E-state index contributed by atoms with van der Waals surface area (Å²) in [4.78, 5) is 0. The second-order valence-electron chi connectivity index (χ2n) is 5.71. The summed E-state index contributed by atoms with van der Waals surface area (Å²) in [6.45, 7) is 0. The Balaban J connectivity index is 1.83. The SMILES string of the molecule is OC(Cc1ccc(F)cc1F)c1ccccc1C1CCC1. The van der Waals surface area contributed by atoms with Gasteiger partial charge in [-0.15, -0.1) is 0 Å². The summed E-state index contributed by atoms with van der Waals surface area (Å²) in [6, 6.07) is 11.3. The van der Waals surface area contributed by atoms with E-state index in [1.54, 1.807) is 0 Å². The molecule has 0 aromatic heterocycles. The normalized spacial score (nSPS) is 16.5. The van der Waals surface area contributed by atoms with E-state index < -0.39 is 17.7 Å². The lowest BCUT2D eigenvalue weighted by atomic mass is 9.77. The molecule has 1 fully saturated rings. The molecule has 1 unspecified atom stereocenters. The Morgan fingerprint density at radius 3 is 2.52 bits per heavy atom. The average Bonchev–Trinajstić information content (AvgIpc) is 2.40. The van der Waals surface area contributed by atoms with Crippen LogP contribution in [0.25, 0.3) is 0 Å². The van der Waals surface area contributed by atoms with Crippen molar-refractivity contribution in [1.82, 2.24) is 0 Å². The van der Waals surface area contributed by atoms with Gasteiger partial charge in [0.15, 0.2) is 0 Å². The zero-order valence-electron chi connectivity index (χ0n) is 11.7. The van der Waals surface area contributed by atoms with Crippen molar-refractivity contribution in [3.8, 4) is 0 Å². The third-order valence-corrected chi connectivity index (χ3v) is 4.33. The quantitative estimate of drug-likeness (QED) is 0.877. The van der Waals surface area contributed by atoms with Crippen LogP contribution in [0.5, 0.6) is 0 Å². The van der Waals surface area contributed by atoms with Crippen LogP contribution in [-0.4, -0.2) is 5.11 Å². The Bertz CT molecular complexity index is 635. The van der Waals surface area contributed by atoms with E-state index in [1.165, 1.54) is 24.1 Å². The predicted octanol–water partition coefficient (Wildman–Crippen LogP) is 4.51. The molecule has 0 aliphatic heterocycles. The van der Waals surface area contributed by atoms with Gasteiger partial charge in [0.25, 0.3) is 0 Å². The molecule has 0 heterocycles. The number of aliphatic hydroxyl groups excluding tert-OH is 1. The Morgan fingerprint density at radius 2 is 1.86 bits per heavy atom. The van der Waals surface area contributed by atoms with Gasteiger partial charge in [-0.1, -0.05) is 36.8 Å². The van der Waals surface area contributed by atoms with Crippen molar-refractivity contribution in [2.75, 3.05) is 0 Å². The van der Waals surface area contributed by atoms with Crippen LogP contribution in [0.2, 0.25) is 0 Å². The summed E-state index contributed by atoms with van der Waals surface area (Å²) in [7, 11) is 0. The summed E-state index contributed by atoms with van der Waals surface area (Å²) >= 11 is 0. The molecule has 3 rings (SSSR count). The maximum absolute atomic E-state index is 13.7. The van der Waals surface area contributed by atoms with Crippen molar-refractivity contribution in [1.29, 1.82) is 0 Å². The fraction of sp³-hybridized carbons (Fsp3) is 0.333. The molecular formula is C18H18F2O. The van der Waals surface area contributed by atoms with Gasteiger partial charge in [0, 0.05) is 12.5 Å². The van der Waals surface area contributed by atoms with E-state index in [-0.39, 0.29) is 6.42 Å². The molecule has 2 aromatic rings. The van der Waals surface area contributed by atoms with E-state index in [1.807, 2.05) is 24.3 Å². The highest BCUT2D eigenvalue weighted by atomic mass is 19.1. The number of benzene rings is 2. The zero-order chi connectivity index (χ0) is 14.8. The maximum Gasteiger partial charge on any atom is 0.129 e. The summed E-state index contributed by atoms with van der Waals surface area (Å²) < 4.78 is 26.6. The molecule has 0 radical (unpaired) electrons. The lowest BCUT2D eigenvalue weighted by Crippen LogP contribution is -2.14. The Kier molecular flexibility index (Phi) is 4.02. The van der Waals surface area contributed by atoms with Gasteiger partial charge in [-0.2, -0.15) is 0 Å². The van der Waals surface area contributed by atoms with E-state index in [0.717, 1.165) is 24.5 Å². The second kappa shape index (κ2) is 5.94. The molecule has 0 bridgehead atoms. The topological polar surface area (TPSA) is 20.2 Å². The molecule has 1 aliphatic carbocycles. The van der Waals surface area contributed by atoms with Crippen LogP contribution in [0.3, 0.4) is 0 Å². The van der Waals surface area contributed by atoms with E-state index >= 15 is 0 Å². The van der Waals surface area contributed by atoms with Crippen molar-refractivity contribution in [2.24, 2.45) is 0 Å². The van der Waals surface area contributed by atoms with Gasteiger partial charge in [0.05, 0.1) is 6.10 Å². The Labute approximate surface area is 123 Å². The summed E-state index contributed by atoms with van der Waals surface area (Å²) in [5.41, 5.74) is 2.37. The lowest BCUT2D eigenvalue weighted by Gasteiger charge is -2.29. The zero-order valence-corrected chi connectivity index (χ0v) is 11.7. The van der Waals surface area contributed by atoms with Crippen LogP contribution in [0.15, 0.2) is 42.5 Å². The number of halogens is 2. The monoisotopic (exact) mass is 288 g/mol. The van der Waals surface area contributed by atoms with Gasteiger partial charge in [-0.25, -0.2) is 8.78 Å². The third-order valence-electron chi connectivity index (χ3n) is 4.33. The van der Waals surface area contributed by atoms with Gasteiger partial charge in [-0.3, -0.25) is 0 Å². The predicted molar refractivity (Wildman–Crippen MR) is 78.1 cm³/mol. The minimum Gasteiger partial charge on any atom is -0.388 e. The molecule has 1 nitrogen and oxygen atoms in total. The van der Waals surface area contributed by atoms with Gasteiger partial charge in [-0.05, 0) is 41.5 Å². The molecule has 21 heavy (non-hydrogen) atoms. The molecule has 0 spiro atoms. The number of hydrogen-bond acceptors (Lipinski definition) is 1. The van der Waals surface area contributed by atoms with Crippen molar-refractivity contribution < 1.29 is 13.9 Å². The minimum atomic E-state index is -0.762. The number of rotatable bonds is 4. The van der Waals surface area contributed by atoms with E-state index in [9.17, 15) is 13.9 Å². The van der Waals surface area contributed by atoms with Crippen LogP contribution < -0.4 is 0 Å². The number of hydrogen-bond donors (Lipinski definition) is 1. The fourth-order valence-electron chi connectivity index (χ4n) is 2.91. The average molecular weight is 288 g/mol. The van der Waals surface area contributed by atoms with Crippen LogP contribution in [0.4, 0.5) is 8.78 Å². The Hall–Kier alpha value is -1.74. The molecule has 1 atom stereocenters. The smallest absolute Gasteiger partial charge is 0.129 e. The van der Waals surface area contributed by atoms with Gasteiger partial charge in [0.1, 0.15) is 11.6 Å². The molecule has 2 aromatic carbocycles. The fourth-order valence-corrected chi connectivity index (χ4v) is 2.91. The first kappa shape index (κ1) is 14.2. The molecule has 1 aliphatic rings. The van der Waals surface area contributed by atoms with Gasteiger partial charge in [0.2, 0.25) is 0 Å². The van der Waals surface area contributed by atoms with Crippen molar-refractivity contribution in [2.45, 2.75) is 37.7 Å². The molecule has 0 amide bonds. The molecule has 1 saturated carbocycles. The highest BCUT2D eigenvalue weighted by Gasteiger charge is 2.24. The van der Waals surface area contributed by atoms with Crippen LogP contribution in [-0.2, 0) is 6.42 Å². The maximum atomic E-state index is 13.7. The molecular weight excluding hydrogens is 270 g/mol. The molecule has 110 valence electrons.